The zero-order valence-corrected chi connectivity index (χ0v) is 13.3. The highest BCUT2D eigenvalue weighted by atomic mass is 35.5. The molecule has 1 atom stereocenters. The third-order valence-electron chi connectivity index (χ3n) is 4.26. The molecule has 1 aliphatic rings. The summed E-state index contributed by atoms with van der Waals surface area (Å²) in [5, 5.41) is 6.04. The summed E-state index contributed by atoms with van der Waals surface area (Å²) in [4.78, 5) is 4.04. The fraction of sp³-hybridized carbons (Fsp3) is 0.294. The number of pyridine rings is 1. The van der Waals surface area contributed by atoms with Crippen molar-refractivity contribution in [3.05, 3.63) is 41.8 Å². The maximum atomic E-state index is 6.27. The van der Waals surface area contributed by atoms with Crippen LogP contribution in [0.3, 0.4) is 0 Å². The Kier molecular flexibility index (Phi) is 3.67. The van der Waals surface area contributed by atoms with Crippen LogP contribution in [0, 0.1) is 0 Å². The standard InChI is InChI=1S/C17H17ClN4O/c18-14-10-20-5-4-12(14)11-7-15(19)13-9-21-22(16(13)8-11)17-3-1-2-6-23-17/h4-5,7-10,17H,1-3,6,19H2. The van der Waals surface area contributed by atoms with Crippen molar-refractivity contribution in [1.29, 1.82) is 0 Å². The average Bonchev–Trinajstić information content (AvgIpc) is 3.00. The molecule has 3 heterocycles. The number of hydrogen-bond donors (Lipinski definition) is 1. The first-order valence-corrected chi connectivity index (χ1v) is 8.10. The van der Waals surface area contributed by atoms with Gasteiger partial charge in [-0.1, -0.05) is 11.6 Å². The van der Waals surface area contributed by atoms with Gasteiger partial charge in [0, 0.05) is 35.6 Å². The Morgan fingerprint density at radius 1 is 1.26 bits per heavy atom. The van der Waals surface area contributed by atoms with Gasteiger partial charge in [-0.3, -0.25) is 4.98 Å². The Hall–Kier alpha value is -2.11. The lowest BCUT2D eigenvalue weighted by molar-refractivity contribution is -0.0366. The highest BCUT2D eigenvalue weighted by Gasteiger charge is 2.20. The second-order valence-electron chi connectivity index (χ2n) is 5.76. The second-order valence-corrected chi connectivity index (χ2v) is 6.17. The minimum Gasteiger partial charge on any atom is -0.398 e. The van der Waals surface area contributed by atoms with Gasteiger partial charge in [0.15, 0.2) is 6.23 Å². The Labute approximate surface area is 139 Å². The van der Waals surface area contributed by atoms with Gasteiger partial charge >= 0.3 is 0 Å². The van der Waals surface area contributed by atoms with Crippen LogP contribution < -0.4 is 5.73 Å². The molecule has 1 fully saturated rings. The summed E-state index contributed by atoms with van der Waals surface area (Å²) >= 11 is 6.27. The molecule has 3 aromatic rings. The number of nitrogens with zero attached hydrogens (tertiary/aromatic N) is 3. The van der Waals surface area contributed by atoms with Gasteiger partial charge < -0.3 is 10.5 Å². The molecule has 1 aromatic carbocycles. The summed E-state index contributed by atoms with van der Waals surface area (Å²) in [5.74, 6) is 0. The van der Waals surface area contributed by atoms with Crippen LogP contribution in [0.1, 0.15) is 25.5 Å². The van der Waals surface area contributed by atoms with Gasteiger partial charge in [-0.25, -0.2) is 4.68 Å². The first kappa shape index (κ1) is 14.5. The van der Waals surface area contributed by atoms with Gasteiger partial charge in [-0.15, -0.1) is 0 Å². The fourth-order valence-corrected chi connectivity index (χ4v) is 3.31. The summed E-state index contributed by atoms with van der Waals surface area (Å²) in [5.41, 5.74) is 9.76. The molecule has 23 heavy (non-hydrogen) atoms. The van der Waals surface area contributed by atoms with Gasteiger partial charge in [0.05, 0.1) is 16.7 Å². The third-order valence-corrected chi connectivity index (χ3v) is 4.56. The summed E-state index contributed by atoms with van der Waals surface area (Å²) < 4.78 is 7.80. The topological polar surface area (TPSA) is 66.0 Å². The predicted octanol–water partition coefficient (Wildman–Crippen LogP) is 4.03. The Bertz CT molecular complexity index is 855. The van der Waals surface area contributed by atoms with E-state index in [2.05, 4.69) is 16.1 Å². The van der Waals surface area contributed by atoms with Crippen LogP contribution in [-0.2, 0) is 4.74 Å². The highest BCUT2D eigenvalue weighted by Crippen LogP contribution is 2.34. The number of benzene rings is 1. The summed E-state index contributed by atoms with van der Waals surface area (Å²) in [6, 6.07) is 5.88. The van der Waals surface area contributed by atoms with Crippen LogP contribution in [0.2, 0.25) is 5.02 Å². The first-order chi connectivity index (χ1) is 11.2. The lowest BCUT2D eigenvalue weighted by Gasteiger charge is -2.23. The Morgan fingerprint density at radius 3 is 2.96 bits per heavy atom. The van der Waals surface area contributed by atoms with Gasteiger partial charge in [-0.05, 0) is 43.0 Å². The van der Waals surface area contributed by atoms with E-state index in [9.17, 15) is 0 Å². The molecule has 2 aromatic heterocycles. The van der Waals surface area contributed by atoms with Crippen LogP contribution >= 0.6 is 11.6 Å². The number of rotatable bonds is 2. The summed E-state index contributed by atoms with van der Waals surface area (Å²) in [6.45, 7) is 0.775. The quantitative estimate of drug-likeness (QED) is 0.721. The largest absolute Gasteiger partial charge is 0.398 e. The molecule has 0 radical (unpaired) electrons. The minimum atomic E-state index is -0.0242. The summed E-state index contributed by atoms with van der Waals surface area (Å²) in [7, 11) is 0. The van der Waals surface area contributed by atoms with Crippen molar-refractivity contribution in [3.8, 4) is 11.1 Å². The highest BCUT2D eigenvalue weighted by molar-refractivity contribution is 6.33. The number of ether oxygens (including phenoxy) is 1. The van der Waals surface area contributed by atoms with E-state index in [1.165, 1.54) is 0 Å². The number of nitrogens with two attached hydrogens (primary N) is 1. The number of hydrogen-bond acceptors (Lipinski definition) is 4. The van der Waals surface area contributed by atoms with E-state index >= 15 is 0 Å². The molecule has 0 bridgehead atoms. The second kappa shape index (κ2) is 5.83. The normalized spacial score (nSPS) is 18.4. The van der Waals surface area contributed by atoms with E-state index in [-0.39, 0.29) is 6.23 Å². The summed E-state index contributed by atoms with van der Waals surface area (Å²) in [6.07, 6.45) is 8.37. The zero-order chi connectivity index (χ0) is 15.8. The van der Waals surface area contributed by atoms with Crippen LogP contribution in [0.5, 0.6) is 0 Å². The smallest absolute Gasteiger partial charge is 0.150 e. The van der Waals surface area contributed by atoms with Gasteiger partial charge in [0.25, 0.3) is 0 Å². The van der Waals surface area contributed by atoms with Crippen LogP contribution in [-0.4, -0.2) is 21.4 Å². The first-order valence-electron chi connectivity index (χ1n) is 7.72. The van der Waals surface area contributed by atoms with Crippen molar-refractivity contribution in [2.45, 2.75) is 25.5 Å². The van der Waals surface area contributed by atoms with Gasteiger partial charge in [0.1, 0.15) is 0 Å². The van der Waals surface area contributed by atoms with Crippen LogP contribution in [0.4, 0.5) is 5.69 Å². The molecule has 0 spiro atoms. The molecule has 6 heteroatoms. The Morgan fingerprint density at radius 2 is 2.17 bits per heavy atom. The Balaban J connectivity index is 1.86. The molecule has 1 saturated heterocycles. The molecule has 2 N–H and O–H groups in total. The zero-order valence-electron chi connectivity index (χ0n) is 12.6. The lowest BCUT2D eigenvalue weighted by atomic mass is 10.0. The molecule has 1 unspecified atom stereocenters. The number of anilines is 1. The molecule has 5 nitrogen and oxygen atoms in total. The van der Waals surface area contributed by atoms with E-state index in [1.807, 2.05) is 16.8 Å². The SMILES string of the molecule is Nc1cc(-c2ccncc2Cl)cc2c1cnn2C1CCCCO1. The maximum Gasteiger partial charge on any atom is 0.150 e. The molecule has 118 valence electrons. The van der Waals surface area contributed by atoms with Crippen molar-refractivity contribution in [3.63, 3.8) is 0 Å². The molecule has 4 rings (SSSR count). The number of fused-ring (bicyclic) bond motifs is 1. The monoisotopic (exact) mass is 328 g/mol. The van der Waals surface area contributed by atoms with Crippen molar-refractivity contribution in [1.82, 2.24) is 14.8 Å². The molecule has 0 saturated carbocycles. The molecule has 0 aliphatic carbocycles. The molecule has 0 amide bonds. The van der Waals surface area contributed by atoms with Crippen molar-refractivity contribution in [2.24, 2.45) is 0 Å². The van der Waals surface area contributed by atoms with Gasteiger partial charge in [-0.2, -0.15) is 5.10 Å². The van der Waals surface area contributed by atoms with E-state index in [0.717, 1.165) is 47.9 Å². The number of halogens is 1. The van der Waals surface area contributed by atoms with Crippen LogP contribution in [0.15, 0.2) is 36.8 Å². The maximum absolute atomic E-state index is 6.27. The fourth-order valence-electron chi connectivity index (χ4n) is 3.08. The molecular weight excluding hydrogens is 312 g/mol. The van der Waals surface area contributed by atoms with Crippen LogP contribution in [0.25, 0.3) is 22.0 Å². The van der Waals surface area contributed by atoms with E-state index in [1.54, 1.807) is 18.6 Å². The van der Waals surface area contributed by atoms with Crippen molar-refractivity contribution >= 4 is 28.2 Å². The minimum absolute atomic E-state index is 0.0242. The molecular formula is C17H17ClN4O. The van der Waals surface area contributed by atoms with Crippen molar-refractivity contribution in [2.75, 3.05) is 12.3 Å². The van der Waals surface area contributed by atoms with E-state index in [0.29, 0.717) is 10.7 Å². The number of nitrogen functional groups attached to an aromatic ring is 1. The third kappa shape index (κ3) is 2.56. The number of aromatic nitrogens is 3. The lowest BCUT2D eigenvalue weighted by Crippen LogP contribution is -2.19. The average molecular weight is 329 g/mol. The van der Waals surface area contributed by atoms with E-state index in [4.69, 9.17) is 22.1 Å². The predicted molar refractivity (Wildman–Crippen MR) is 91.2 cm³/mol. The van der Waals surface area contributed by atoms with E-state index < -0.39 is 0 Å². The van der Waals surface area contributed by atoms with Crippen molar-refractivity contribution < 1.29 is 4.74 Å². The molecule has 1 aliphatic heterocycles. The van der Waals surface area contributed by atoms with Gasteiger partial charge in [0.2, 0.25) is 0 Å².